The summed E-state index contributed by atoms with van der Waals surface area (Å²) in [6, 6.07) is 3.69. The molecule has 6 heteroatoms. The fraction of sp³-hybridized carbons (Fsp3) is 0.222. The minimum atomic E-state index is -4.61. The van der Waals surface area contributed by atoms with Crippen molar-refractivity contribution in [3.63, 3.8) is 0 Å². The highest BCUT2D eigenvalue weighted by Crippen LogP contribution is 2.33. The summed E-state index contributed by atoms with van der Waals surface area (Å²) in [6.45, 7) is 0. The lowest BCUT2D eigenvalue weighted by Gasteiger charge is -2.09. The molecule has 1 unspecified atom stereocenters. The summed E-state index contributed by atoms with van der Waals surface area (Å²) in [6.07, 6.45) is -4.61. The van der Waals surface area contributed by atoms with Gasteiger partial charge in [-0.05, 0) is 23.8 Å². The van der Waals surface area contributed by atoms with Crippen LogP contribution >= 0.6 is 15.9 Å². The largest absolute Gasteiger partial charge is 0.416 e. The molecule has 0 aliphatic carbocycles. The topological polar surface area (TPSA) is 23.8 Å². The van der Waals surface area contributed by atoms with Crippen LogP contribution in [-0.2, 0) is 6.18 Å². The van der Waals surface area contributed by atoms with Crippen LogP contribution in [0, 0.1) is 17.1 Å². The molecule has 0 spiro atoms. The van der Waals surface area contributed by atoms with E-state index in [1.54, 1.807) is 6.07 Å². The van der Waals surface area contributed by atoms with E-state index in [0.29, 0.717) is 6.07 Å². The summed E-state index contributed by atoms with van der Waals surface area (Å²) in [5.41, 5.74) is -1.15. The highest BCUT2D eigenvalue weighted by atomic mass is 79.9. The van der Waals surface area contributed by atoms with Crippen LogP contribution in [0.3, 0.4) is 0 Å². The van der Waals surface area contributed by atoms with Crippen LogP contribution in [0.4, 0.5) is 17.6 Å². The van der Waals surface area contributed by atoms with Gasteiger partial charge in [0, 0.05) is 0 Å². The van der Waals surface area contributed by atoms with Crippen molar-refractivity contribution in [2.24, 2.45) is 0 Å². The number of nitrogens with zero attached hydrogens (tertiary/aromatic N) is 1. The molecule has 1 nitrogen and oxygen atoms in total. The molecule has 0 aromatic heterocycles. The highest BCUT2D eigenvalue weighted by molar-refractivity contribution is 9.09. The van der Waals surface area contributed by atoms with Crippen molar-refractivity contribution >= 4 is 15.9 Å². The third-order valence-corrected chi connectivity index (χ3v) is 2.39. The first kappa shape index (κ1) is 12.0. The third-order valence-electron chi connectivity index (χ3n) is 1.65. The van der Waals surface area contributed by atoms with E-state index in [2.05, 4.69) is 15.9 Å². The van der Waals surface area contributed by atoms with Crippen molar-refractivity contribution in [1.29, 1.82) is 5.26 Å². The Kier molecular flexibility index (Phi) is 3.35. The number of nitriles is 1. The first-order valence-corrected chi connectivity index (χ1v) is 4.67. The summed E-state index contributed by atoms with van der Waals surface area (Å²) in [5, 5.41) is 8.47. The van der Waals surface area contributed by atoms with Gasteiger partial charge in [0.05, 0.1) is 11.6 Å². The van der Waals surface area contributed by atoms with E-state index < -0.39 is 22.4 Å². The second kappa shape index (κ2) is 4.19. The van der Waals surface area contributed by atoms with Gasteiger partial charge in [0.25, 0.3) is 0 Å². The van der Waals surface area contributed by atoms with E-state index in [1.165, 1.54) is 0 Å². The van der Waals surface area contributed by atoms with Crippen molar-refractivity contribution < 1.29 is 17.6 Å². The Labute approximate surface area is 91.4 Å². The fourth-order valence-corrected chi connectivity index (χ4v) is 1.26. The fourth-order valence-electron chi connectivity index (χ4n) is 0.997. The molecule has 15 heavy (non-hydrogen) atoms. The van der Waals surface area contributed by atoms with Crippen LogP contribution in [0.5, 0.6) is 0 Å². The van der Waals surface area contributed by atoms with Crippen LogP contribution in [0.2, 0.25) is 0 Å². The average molecular weight is 282 g/mol. The van der Waals surface area contributed by atoms with Crippen molar-refractivity contribution in [2.75, 3.05) is 0 Å². The van der Waals surface area contributed by atoms with Gasteiger partial charge in [-0.2, -0.15) is 18.4 Å². The van der Waals surface area contributed by atoms with Gasteiger partial charge in [0.2, 0.25) is 0 Å². The molecule has 0 amide bonds. The summed E-state index contributed by atoms with van der Waals surface area (Å²) in [4.78, 5) is -0.950. The third kappa shape index (κ3) is 2.93. The first-order chi connectivity index (χ1) is 6.84. The van der Waals surface area contributed by atoms with Gasteiger partial charge < -0.3 is 0 Å². The number of benzene rings is 1. The van der Waals surface area contributed by atoms with Crippen LogP contribution in [0.25, 0.3) is 0 Å². The molecule has 0 aliphatic heterocycles. The Morgan fingerprint density at radius 3 is 2.33 bits per heavy atom. The monoisotopic (exact) mass is 281 g/mol. The van der Waals surface area contributed by atoms with E-state index in [9.17, 15) is 17.6 Å². The quantitative estimate of drug-likeness (QED) is 0.567. The second-order valence-corrected chi connectivity index (χ2v) is 3.68. The zero-order chi connectivity index (χ0) is 11.6. The molecule has 0 heterocycles. The van der Waals surface area contributed by atoms with E-state index in [4.69, 9.17) is 5.26 Å². The smallest absolute Gasteiger partial charge is 0.207 e. The second-order valence-electron chi connectivity index (χ2n) is 2.76. The Hall–Kier alpha value is -1.09. The number of alkyl halides is 4. The summed E-state index contributed by atoms with van der Waals surface area (Å²) in [7, 11) is 0. The van der Waals surface area contributed by atoms with Gasteiger partial charge in [-0.15, -0.1) is 0 Å². The molecule has 0 saturated heterocycles. The van der Waals surface area contributed by atoms with E-state index in [0.717, 1.165) is 12.1 Å². The van der Waals surface area contributed by atoms with Crippen molar-refractivity contribution in [3.8, 4) is 6.07 Å². The molecule has 80 valence electrons. The number of hydrogen-bond donors (Lipinski definition) is 0. The molecule has 0 bridgehead atoms. The Morgan fingerprint density at radius 1 is 1.27 bits per heavy atom. The zero-order valence-electron chi connectivity index (χ0n) is 7.15. The van der Waals surface area contributed by atoms with Gasteiger partial charge in [0.1, 0.15) is 10.6 Å². The summed E-state index contributed by atoms with van der Waals surface area (Å²) < 4.78 is 49.6. The molecule has 0 N–H and O–H groups in total. The molecule has 1 rings (SSSR count). The maximum atomic E-state index is 12.8. The van der Waals surface area contributed by atoms with Gasteiger partial charge in [-0.25, -0.2) is 4.39 Å². The molecule has 1 aromatic rings. The number of halogens is 5. The van der Waals surface area contributed by atoms with Crippen LogP contribution < -0.4 is 0 Å². The Balaban J connectivity index is 3.24. The maximum absolute atomic E-state index is 12.8. The van der Waals surface area contributed by atoms with Gasteiger partial charge in [0.15, 0.2) is 0 Å². The normalized spacial score (nSPS) is 13.3. The zero-order valence-corrected chi connectivity index (χ0v) is 8.73. The van der Waals surface area contributed by atoms with Gasteiger partial charge in [-0.3, -0.25) is 0 Å². The lowest BCUT2D eigenvalue weighted by molar-refractivity contribution is -0.137. The predicted molar refractivity (Wildman–Crippen MR) is 48.7 cm³/mol. The maximum Gasteiger partial charge on any atom is 0.416 e. The molecule has 0 aliphatic rings. The minimum absolute atomic E-state index is 0.0511. The molecule has 1 atom stereocenters. The molecular weight excluding hydrogens is 278 g/mol. The van der Waals surface area contributed by atoms with E-state index in [-0.39, 0.29) is 5.56 Å². The van der Waals surface area contributed by atoms with Gasteiger partial charge >= 0.3 is 6.18 Å². The molecule has 1 aromatic carbocycles. The molecule has 0 fully saturated rings. The molecule has 0 radical (unpaired) electrons. The van der Waals surface area contributed by atoms with Crippen LogP contribution in [0.15, 0.2) is 18.2 Å². The van der Waals surface area contributed by atoms with Crippen LogP contribution in [0.1, 0.15) is 16.0 Å². The highest BCUT2D eigenvalue weighted by Gasteiger charge is 2.31. The standard InChI is InChI=1S/C9H4BrF4N/c10-8(4-15)5-1-6(9(12,13)14)3-7(11)2-5/h1-3,8H. The lowest BCUT2D eigenvalue weighted by Crippen LogP contribution is -2.06. The Morgan fingerprint density at radius 2 is 1.87 bits per heavy atom. The Bertz CT molecular complexity index is 408. The number of rotatable bonds is 1. The lowest BCUT2D eigenvalue weighted by atomic mass is 10.1. The minimum Gasteiger partial charge on any atom is -0.207 e. The SMILES string of the molecule is N#CC(Br)c1cc(F)cc(C(F)(F)F)c1. The molecule has 0 saturated carbocycles. The van der Waals surface area contributed by atoms with Gasteiger partial charge in [-0.1, -0.05) is 15.9 Å². The predicted octanol–water partition coefficient (Wildman–Crippen LogP) is 3.80. The average Bonchev–Trinajstić information content (AvgIpc) is 2.14. The summed E-state index contributed by atoms with van der Waals surface area (Å²) in [5.74, 6) is -1.01. The van der Waals surface area contributed by atoms with Crippen molar-refractivity contribution in [2.45, 2.75) is 11.0 Å². The van der Waals surface area contributed by atoms with Crippen LogP contribution in [-0.4, -0.2) is 0 Å². The van der Waals surface area contributed by atoms with Crippen molar-refractivity contribution in [3.05, 3.63) is 35.1 Å². The first-order valence-electron chi connectivity index (χ1n) is 3.76. The number of hydrogen-bond acceptors (Lipinski definition) is 1. The summed E-state index contributed by atoms with van der Waals surface area (Å²) >= 11 is 2.82. The molecular formula is C9H4BrF4N. The van der Waals surface area contributed by atoms with E-state index in [1.807, 2.05) is 0 Å². The van der Waals surface area contributed by atoms with E-state index >= 15 is 0 Å². The van der Waals surface area contributed by atoms with Crippen molar-refractivity contribution in [1.82, 2.24) is 0 Å².